The monoisotopic (exact) mass is 523 g/mol. The second-order valence-electron chi connectivity index (χ2n) is 7.91. The van der Waals surface area contributed by atoms with Crippen molar-refractivity contribution in [3.05, 3.63) is 87.8 Å². The van der Waals surface area contributed by atoms with E-state index in [1.165, 1.54) is 12.1 Å². The van der Waals surface area contributed by atoms with E-state index in [2.05, 4.69) is 31.5 Å². The first-order valence-corrected chi connectivity index (χ1v) is 11.7. The summed E-state index contributed by atoms with van der Waals surface area (Å²) in [5.74, 6) is -1.26. The molecule has 3 aromatic rings. The van der Waals surface area contributed by atoms with Crippen molar-refractivity contribution in [3.8, 4) is 0 Å². The number of anilines is 2. The standard InChI is InChI=1S/C25H23BrFN5O2/c26-17-9-11-22(29-15-17)31-25(34)19-6-2-3-7-21(19)30-24(33)18-10-8-16(14-20(18)27)23(28)32-12-4-1-5-13-32/h2-3,6-11,14-15,28H,1,4-5,12-13H2,(H,30,33)(H,29,31,34). The van der Waals surface area contributed by atoms with Gasteiger partial charge in [-0.3, -0.25) is 15.0 Å². The van der Waals surface area contributed by atoms with E-state index < -0.39 is 17.6 Å². The SMILES string of the molecule is N=C(c1ccc(C(=O)Nc2ccccc2C(=O)Nc2ccc(Br)cn2)c(F)c1)N1CCCCC1. The van der Waals surface area contributed by atoms with E-state index in [-0.39, 0.29) is 22.6 Å². The van der Waals surface area contributed by atoms with Crippen LogP contribution in [-0.4, -0.2) is 40.6 Å². The molecule has 1 aromatic heterocycles. The number of benzene rings is 2. The third-order valence-electron chi connectivity index (χ3n) is 5.55. The quantitative estimate of drug-likeness (QED) is 0.312. The summed E-state index contributed by atoms with van der Waals surface area (Å²) >= 11 is 3.29. The van der Waals surface area contributed by atoms with Gasteiger partial charge in [0.2, 0.25) is 0 Å². The molecule has 0 atom stereocenters. The third kappa shape index (κ3) is 5.48. The maximum atomic E-state index is 14.8. The third-order valence-corrected chi connectivity index (χ3v) is 6.02. The van der Waals surface area contributed by atoms with Gasteiger partial charge in [-0.2, -0.15) is 0 Å². The van der Waals surface area contributed by atoms with Gasteiger partial charge in [0.05, 0.1) is 16.8 Å². The zero-order valence-electron chi connectivity index (χ0n) is 18.3. The minimum Gasteiger partial charge on any atom is -0.357 e. The summed E-state index contributed by atoms with van der Waals surface area (Å²) in [6, 6.07) is 14.0. The van der Waals surface area contributed by atoms with Crippen LogP contribution in [0.25, 0.3) is 0 Å². The van der Waals surface area contributed by atoms with Crippen molar-refractivity contribution in [1.82, 2.24) is 9.88 Å². The summed E-state index contributed by atoms with van der Waals surface area (Å²) in [5, 5.41) is 13.7. The lowest BCUT2D eigenvalue weighted by Crippen LogP contribution is -2.35. The molecule has 174 valence electrons. The Balaban J connectivity index is 1.49. The maximum absolute atomic E-state index is 14.8. The van der Waals surface area contributed by atoms with E-state index in [1.54, 1.807) is 48.7 Å². The molecule has 34 heavy (non-hydrogen) atoms. The number of likely N-dealkylation sites (tertiary alicyclic amines) is 1. The van der Waals surface area contributed by atoms with E-state index in [1.807, 2.05) is 4.90 Å². The molecule has 3 N–H and O–H groups in total. The average Bonchev–Trinajstić information content (AvgIpc) is 2.85. The molecule has 0 bridgehead atoms. The molecule has 0 saturated carbocycles. The fraction of sp³-hybridized carbons (Fsp3) is 0.200. The number of rotatable bonds is 5. The van der Waals surface area contributed by atoms with Crippen molar-refractivity contribution in [2.24, 2.45) is 0 Å². The molecule has 1 aliphatic heterocycles. The van der Waals surface area contributed by atoms with Gasteiger partial charge in [-0.1, -0.05) is 18.2 Å². The number of halogens is 2. The van der Waals surface area contributed by atoms with E-state index in [0.717, 1.165) is 36.8 Å². The molecule has 1 saturated heterocycles. The van der Waals surface area contributed by atoms with Crippen LogP contribution in [0.2, 0.25) is 0 Å². The predicted octanol–water partition coefficient (Wildman–Crippen LogP) is 5.30. The summed E-state index contributed by atoms with van der Waals surface area (Å²) < 4.78 is 15.6. The van der Waals surface area contributed by atoms with E-state index in [0.29, 0.717) is 11.4 Å². The van der Waals surface area contributed by atoms with Crippen LogP contribution in [0.15, 0.2) is 65.3 Å². The lowest BCUT2D eigenvalue weighted by Gasteiger charge is -2.29. The van der Waals surface area contributed by atoms with Gasteiger partial charge < -0.3 is 15.5 Å². The number of carbonyl (C=O) groups is 2. The van der Waals surface area contributed by atoms with Gasteiger partial charge in [0.1, 0.15) is 17.5 Å². The molecule has 0 unspecified atom stereocenters. The summed E-state index contributed by atoms with van der Waals surface area (Å²) in [5.41, 5.74) is 0.717. The Bertz CT molecular complexity index is 1230. The highest BCUT2D eigenvalue weighted by Crippen LogP contribution is 2.21. The Hall–Kier alpha value is -3.59. The van der Waals surface area contributed by atoms with Crippen molar-refractivity contribution >= 4 is 45.1 Å². The minimum atomic E-state index is -0.724. The second-order valence-corrected chi connectivity index (χ2v) is 8.82. The molecule has 0 spiro atoms. The van der Waals surface area contributed by atoms with Crippen LogP contribution in [-0.2, 0) is 0 Å². The molecule has 0 aliphatic carbocycles. The molecule has 2 heterocycles. The molecule has 1 fully saturated rings. The van der Waals surface area contributed by atoms with Crippen LogP contribution in [0.5, 0.6) is 0 Å². The summed E-state index contributed by atoms with van der Waals surface area (Å²) in [7, 11) is 0. The maximum Gasteiger partial charge on any atom is 0.258 e. The van der Waals surface area contributed by atoms with Crippen LogP contribution in [0.3, 0.4) is 0 Å². The number of nitrogens with one attached hydrogen (secondary N) is 3. The summed E-state index contributed by atoms with van der Waals surface area (Å²) in [6.45, 7) is 1.55. The highest BCUT2D eigenvalue weighted by Gasteiger charge is 2.20. The van der Waals surface area contributed by atoms with Crippen LogP contribution < -0.4 is 10.6 Å². The number of aromatic nitrogens is 1. The van der Waals surface area contributed by atoms with Gasteiger partial charge in [-0.05, 0) is 71.6 Å². The molecule has 2 aromatic carbocycles. The van der Waals surface area contributed by atoms with Crippen molar-refractivity contribution in [2.45, 2.75) is 19.3 Å². The number of para-hydroxylation sites is 1. The van der Waals surface area contributed by atoms with Gasteiger partial charge in [-0.25, -0.2) is 9.37 Å². The molecular formula is C25H23BrFN5O2. The number of hydrogen-bond acceptors (Lipinski definition) is 4. The smallest absolute Gasteiger partial charge is 0.258 e. The first-order valence-electron chi connectivity index (χ1n) is 10.9. The molecule has 1 aliphatic rings. The number of nitrogens with zero attached hydrogens (tertiary/aromatic N) is 2. The average molecular weight is 524 g/mol. The Morgan fingerprint density at radius 2 is 1.68 bits per heavy atom. The number of hydrogen-bond donors (Lipinski definition) is 3. The van der Waals surface area contributed by atoms with Crippen molar-refractivity contribution in [3.63, 3.8) is 0 Å². The second kappa shape index (κ2) is 10.6. The van der Waals surface area contributed by atoms with Crippen LogP contribution in [0, 0.1) is 11.2 Å². The number of amidine groups is 1. The van der Waals surface area contributed by atoms with Crippen molar-refractivity contribution < 1.29 is 14.0 Å². The summed E-state index contributed by atoms with van der Waals surface area (Å²) in [4.78, 5) is 31.6. The topological polar surface area (TPSA) is 98.2 Å². The normalized spacial score (nSPS) is 13.3. The lowest BCUT2D eigenvalue weighted by molar-refractivity contribution is 0.102. The minimum absolute atomic E-state index is 0.167. The predicted molar refractivity (Wildman–Crippen MR) is 133 cm³/mol. The van der Waals surface area contributed by atoms with Gasteiger partial charge >= 0.3 is 0 Å². The molecular weight excluding hydrogens is 501 g/mol. The molecule has 9 heteroatoms. The number of piperidine rings is 1. The number of amides is 2. The van der Waals surface area contributed by atoms with Gasteiger partial charge in [0.15, 0.2) is 0 Å². The van der Waals surface area contributed by atoms with E-state index in [4.69, 9.17) is 5.41 Å². The molecule has 0 radical (unpaired) electrons. The Labute approximate surface area is 205 Å². The van der Waals surface area contributed by atoms with Crippen LogP contribution >= 0.6 is 15.9 Å². The van der Waals surface area contributed by atoms with Crippen molar-refractivity contribution in [1.29, 1.82) is 5.41 Å². The van der Waals surface area contributed by atoms with Gasteiger partial charge in [0, 0.05) is 29.3 Å². The fourth-order valence-electron chi connectivity index (χ4n) is 3.76. The molecule has 7 nitrogen and oxygen atoms in total. The van der Waals surface area contributed by atoms with Crippen LogP contribution in [0.4, 0.5) is 15.9 Å². The zero-order valence-corrected chi connectivity index (χ0v) is 19.9. The zero-order chi connectivity index (χ0) is 24.1. The lowest BCUT2D eigenvalue weighted by atomic mass is 10.1. The largest absolute Gasteiger partial charge is 0.357 e. The van der Waals surface area contributed by atoms with E-state index >= 15 is 0 Å². The Morgan fingerprint density at radius 3 is 2.38 bits per heavy atom. The van der Waals surface area contributed by atoms with Gasteiger partial charge in [0.25, 0.3) is 11.8 Å². The first kappa shape index (κ1) is 23.6. The molecule has 2 amide bonds. The highest BCUT2D eigenvalue weighted by molar-refractivity contribution is 9.10. The Kier molecular flexibility index (Phi) is 7.32. The molecule has 4 rings (SSSR count). The van der Waals surface area contributed by atoms with Crippen LogP contribution in [0.1, 0.15) is 45.5 Å². The number of pyridine rings is 1. The summed E-state index contributed by atoms with van der Waals surface area (Å²) in [6.07, 6.45) is 4.71. The Morgan fingerprint density at radius 1 is 0.941 bits per heavy atom. The first-order chi connectivity index (χ1) is 16.4. The number of carbonyl (C=O) groups excluding carboxylic acids is 2. The fourth-order valence-corrected chi connectivity index (χ4v) is 3.99. The van der Waals surface area contributed by atoms with Gasteiger partial charge in [-0.15, -0.1) is 0 Å². The van der Waals surface area contributed by atoms with Crippen molar-refractivity contribution in [2.75, 3.05) is 23.7 Å². The van der Waals surface area contributed by atoms with E-state index in [9.17, 15) is 14.0 Å². The highest BCUT2D eigenvalue weighted by atomic mass is 79.9.